The van der Waals surface area contributed by atoms with Gasteiger partial charge in [-0.2, -0.15) is 0 Å². The van der Waals surface area contributed by atoms with Gasteiger partial charge in [0.25, 0.3) is 0 Å². The SMILES string of the molecule is CC(=O)NCCC[C@@H](CC(=O)[C@@H](NC(C)C)C(C)C)C(=O)C(C)C. The van der Waals surface area contributed by atoms with E-state index in [4.69, 9.17) is 0 Å². The minimum absolute atomic E-state index is 0.0705. The maximum absolute atomic E-state index is 12.7. The van der Waals surface area contributed by atoms with Crippen LogP contribution in [0.3, 0.4) is 0 Å². The Balaban J connectivity index is 4.85. The highest BCUT2D eigenvalue weighted by molar-refractivity contribution is 5.91. The van der Waals surface area contributed by atoms with E-state index in [1.165, 1.54) is 6.92 Å². The van der Waals surface area contributed by atoms with Crippen molar-refractivity contribution in [2.45, 2.75) is 79.8 Å². The molecular formula is C19H36N2O3. The van der Waals surface area contributed by atoms with Gasteiger partial charge >= 0.3 is 0 Å². The number of nitrogens with one attached hydrogen (secondary N) is 2. The van der Waals surface area contributed by atoms with Gasteiger partial charge in [0.15, 0.2) is 5.78 Å². The molecule has 0 aliphatic heterocycles. The van der Waals surface area contributed by atoms with Crippen LogP contribution in [0.5, 0.6) is 0 Å². The first-order valence-corrected chi connectivity index (χ1v) is 9.13. The van der Waals surface area contributed by atoms with Crippen molar-refractivity contribution in [3.05, 3.63) is 0 Å². The maximum Gasteiger partial charge on any atom is 0.216 e. The van der Waals surface area contributed by atoms with Gasteiger partial charge in [-0.15, -0.1) is 0 Å². The first-order chi connectivity index (χ1) is 11.1. The molecule has 0 aliphatic carbocycles. The Morgan fingerprint density at radius 1 is 0.958 bits per heavy atom. The van der Waals surface area contributed by atoms with Gasteiger partial charge in [0.05, 0.1) is 6.04 Å². The number of ketones is 2. The van der Waals surface area contributed by atoms with Crippen LogP contribution in [0.1, 0.15) is 67.7 Å². The summed E-state index contributed by atoms with van der Waals surface area (Å²) in [5.41, 5.74) is 0. The molecule has 0 aromatic carbocycles. The summed E-state index contributed by atoms with van der Waals surface area (Å²) >= 11 is 0. The lowest BCUT2D eigenvalue weighted by atomic mass is 9.84. The molecule has 0 heterocycles. The second-order valence-corrected chi connectivity index (χ2v) is 7.59. The molecule has 0 aromatic rings. The lowest BCUT2D eigenvalue weighted by molar-refractivity contribution is -0.131. The Labute approximate surface area is 147 Å². The zero-order valence-corrected chi connectivity index (χ0v) is 16.4. The van der Waals surface area contributed by atoms with Crippen molar-refractivity contribution in [3.8, 4) is 0 Å². The third-order valence-corrected chi connectivity index (χ3v) is 4.05. The zero-order valence-electron chi connectivity index (χ0n) is 16.4. The van der Waals surface area contributed by atoms with Crippen molar-refractivity contribution in [3.63, 3.8) is 0 Å². The molecule has 2 atom stereocenters. The van der Waals surface area contributed by atoms with Gasteiger partial charge in [-0.1, -0.05) is 41.5 Å². The second kappa shape index (κ2) is 11.3. The van der Waals surface area contributed by atoms with Crippen molar-refractivity contribution in [1.82, 2.24) is 10.6 Å². The lowest BCUT2D eigenvalue weighted by Gasteiger charge is -2.26. The average molecular weight is 341 g/mol. The fourth-order valence-electron chi connectivity index (χ4n) is 2.82. The van der Waals surface area contributed by atoms with Crippen LogP contribution in [0.2, 0.25) is 0 Å². The summed E-state index contributed by atoms with van der Waals surface area (Å²) in [4.78, 5) is 36.1. The van der Waals surface area contributed by atoms with Crippen molar-refractivity contribution < 1.29 is 14.4 Å². The predicted octanol–water partition coefficient (Wildman–Crippen LogP) is 2.73. The summed E-state index contributed by atoms with van der Waals surface area (Å²) in [5.74, 6) is 0.0175. The molecule has 0 rings (SSSR count). The Kier molecular flexibility index (Phi) is 10.8. The quantitative estimate of drug-likeness (QED) is 0.536. The molecule has 5 heteroatoms. The van der Waals surface area contributed by atoms with E-state index in [9.17, 15) is 14.4 Å². The van der Waals surface area contributed by atoms with Crippen LogP contribution in [-0.2, 0) is 14.4 Å². The largest absolute Gasteiger partial charge is 0.356 e. The van der Waals surface area contributed by atoms with Crippen LogP contribution in [0, 0.1) is 17.8 Å². The molecule has 0 radical (unpaired) electrons. The van der Waals surface area contributed by atoms with Crippen LogP contribution in [0.15, 0.2) is 0 Å². The third kappa shape index (κ3) is 9.16. The van der Waals surface area contributed by atoms with Gasteiger partial charge in [0.1, 0.15) is 5.78 Å². The first kappa shape index (κ1) is 22.8. The number of hydrogen-bond acceptors (Lipinski definition) is 4. The third-order valence-electron chi connectivity index (χ3n) is 4.05. The van der Waals surface area contributed by atoms with E-state index >= 15 is 0 Å². The van der Waals surface area contributed by atoms with E-state index in [1.807, 2.05) is 41.5 Å². The highest BCUT2D eigenvalue weighted by atomic mass is 16.1. The van der Waals surface area contributed by atoms with Crippen LogP contribution in [0.4, 0.5) is 0 Å². The van der Waals surface area contributed by atoms with Gasteiger partial charge in [0.2, 0.25) is 5.91 Å². The summed E-state index contributed by atoms with van der Waals surface area (Å²) in [6, 6.07) is 0.00294. The highest BCUT2D eigenvalue weighted by Crippen LogP contribution is 2.20. The van der Waals surface area contributed by atoms with Gasteiger partial charge in [-0.25, -0.2) is 0 Å². The van der Waals surface area contributed by atoms with Gasteiger partial charge < -0.3 is 10.6 Å². The summed E-state index contributed by atoms with van der Waals surface area (Å²) in [6.07, 6.45) is 1.62. The van der Waals surface area contributed by atoms with E-state index in [0.29, 0.717) is 19.4 Å². The standard InChI is InChI=1S/C19H36N2O3/c1-12(2)18(21-14(5)6)17(23)11-16(19(24)13(3)4)9-8-10-20-15(7)22/h12-14,16,18,21H,8-11H2,1-7H3,(H,20,22)/t16-,18-/m0/s1. The molecule has 2 N–H and O–H groups in total. The minimum atomic E-state index is -0.263. The lowest BCUT2D eigenvalue weighted by Crippen LogP contribution is -2.45. The maximum atomic E-state index is 12.7. The Morgan fingerprint density at radius 3 is 1.96 bits per heavy atom. The van der Waals surface area contributed by atoms with E-state index in [1.54, 1.807) is 0 Å². The molecule has 0 spiro atoms. The molecule has 0 saturated carbocycles. The van der Waals surface area contributed by atoms with E-state index < -0.39 is 0 Å². The molecule has 0 saturated heterocycles. The smallest absolute Gasteiger partial charge is 0.216 e. The normalized spacial score (nSPS) is 14.1. The van der Waals surface area contributed by atoms with Crippen LogP contribution in [0.25, 0.3) is 0 Å². The molecule has 0 fully saturated rings. The topological polar surface area (TPSA) is 75.3 Å². The van der Waals surface area contributed by atoms with Crippen LogP contribution < -0.4 is 10.6 Å². The molecular weight excluding hydrogens is 304 g/mol. The van der Waals surface area contributed by atoms with Gasteiger partial charge in [0, 0.05) is 37.8 Å². The number of rotatable bonds is 12. The molecule has 0 aromatic heterocycles. The Morgan fingerprint density at radius 2 is 1.54 bits per heavy atom. The first-order valence-electron chi connectivity index (χ1n) is 9.13. The van der Waals surface area contributed by atoms with Crippen LogP contribution in [-0.4, -0.2) is 36.1 Å². The second-order valence-electron chi connectivity index (χ2n) is 7.59. The molecule has 1 amide bonds. The molecule has 5 nitrogen and oxygen atoms in total. The fraction of sp³-hybridized carbons (Fsp3) is 0.842. The summed E-state index contributed by atoms with van der Waals surface area (Å²) in [5, 5.41) is 6.06. The van der Waals surface area contributed by atoms with Crippen molar-refractivity contribution in [1.29, 1.82) is 0 Å². The Bertz CT molecular complexity index is 417. The molecule has 0 unspecified atom stereocenters. The monoisotopic (exact) mass is 340 g/mol. The fourth-order valence-corrected chi connectivity index (χ4v) is 2.82. The minimum Gasteiger partial charge on any atom is -0.356 e. The van der Waals surface area contributed by atoms with Gasteiger partial charge in [-0.3, -0.25) is 14.4 Å². The Hall–Kier alpha value is -1.23. The zero-order chi connectivity index (χ0) is 18.9. The number of Topliss-reactive ketones (excluding diaryl/α,β-unsaturated/α-hetero) is 2. The molecule has 24 heavy (non-hydrogen) atoms. The van der Waals surface area contributed by atoms with Crippen molar-refractivity contribution in [2.24, 2.45) is 17.8 Å². The highest BCUT2D eigenvalue weighted by Gasteiger charge is 2.29. The number of carbonyl (C=O) groups excluding carboxylic acids is 3. The number of carbonyl (C=O) groups is 3. The summed E-state index contributed by atoms with van der Waals surface area (Å²) < 4.78 is 0. The predicted molar refractivity (Wildman–Crippen MR) is 97.8 cm³/mol. The molecule has 0 aliphatic rings. The van der Waals surface area contributed by atoms with E-state index in [2.05, 4.69) is 10.6 Å². The van der Waals surface area contributed by atoms with Crippen molar-refractivity contribution >= 4 is 17.5 Å². The summed E-state index contributed by atoms with van der Waals surface area (Å²) in [7, 11) is 0. The summed E-state index contributed by atoms with van der Waals surface area (Å²) in [6.45, 7) is 13.9. The number of hydrogen-bond donors (Lipinski definition) is 2. The van der Waals surface area contributed by atoms with E-state index in [0.717, 1.165) is 0 Å². The van der Waals surface area contributed by atoms with E-state index in [-0.39, 0.29) is 53.7 Å². The van der Waals surface area contributed by atoms with Crippen LogP contribution >= 0.6 is 0 Å². The van der Waals surface area contributed by atoms with Crippen molar-refractivity contribution in [2.75, 3.05) is 6.54 Å². The average Bonchev–Trinajstić information content (AvgIpc) is 2.45. The molecule has 140 valence electrons. The number of amides is 1. The molecule has 0 bridgehead atoms. The van der Waals surface area contributed by atoms with Gasteiger partial charge in [-0.05, 0) is 18.8 Å².